The molecule has 0 unspecified atom stereocenters. The Morgan fingerprint density at radius 3 is 2.54 bits per heavy atom. The van der Waals surface area contributed by atoms with Gasteiger partial charge < -0.3 is 4.90 Å². The molecule has 0 N–H and O–H groups in total. The van der Waals surface area contributed by atoms with Gasteiger partial charge in [-0.05, 0) is 12.1 Å². The van der Waals surface area contributed by atoms with E-state index in [1.54, 1.807) is 0 Å². The van der Waals surface area contributed by atoms with E-state index in [1.165, 1.54) is 5.69 Å². The van der Waals surface area contributed by atoms with Gasteiger partial charge in [-0.2, -0.15) is 0 Å². The van der Waals surface area contributed by atoms with Crippen molar-refractivity contribution in [2.45, 2.75) is 6.42 Å². The molecule has 0 saturated carbocycles. The van der Waals surface area contributed by atoms with E-state index >= 15 is 0 Å². The highest BCUT2D eigenvalue weighted by Crippen LogP contribution is 2.17. The van der Waals surface area contributed by atoms with Gasteiger partial charge in [-0.15, -0.1) is 0 Å². The SMILES string of the molecule is S=C1CC=CCN1c1ccccc1. The van der Waals surface area contributed by atoms with E-state index in [0.717, 1.165) is 18.0 Å². The molecular formula is C11H11NS. The predicted octanol–water partition coefficient (Wildman–Crippen LogP) is 2.78. The molecule has 1 aromatic carbocycles. The fourth-order valence-electron chi connectivity index (χ4n) is 1.43. The minimum atomic E-state index is 0.893. The zero-order valence-corrected chi connectivity index (χ0v) is 8.13. The van der Waals surface area contributed by atoms with Crippen molar-refractivity contribution >= 4 is 22.9 Å². The first kappa shape index (κ1) is 8.45. The molecule has 0 fully saturated rings. The molecule has 1 aromatic rings. The maximum Gasteiger partial charge on any atom is 0.0864 e. The molecule has 0 aromatic heterocycles. The van der Waals surface area contributed by atoms with Gasteiger partial charge >= 0.3 is 0 Å². The van der Waals surface area contributed by atoms with Crippen LogP contribution in [0.3, 0.4) is 0 Å². The molecule has 1 nitrogen and oxygen atoms in total. The second-order valence-electron chi connectivity index (χ2n) is 3.02. The summed E-state index contributed by atoms with van der Waals surface area (Å²) in [5.41, 5.74) is 1.19. The summed E-state index contributed by atoms with van der Waals surface area (Å²) >= 11 is 5.28. The Hall–Kier alpha value is -1.15. The monoisotopic (exact) mass is 189 g/mol. The number of hydrogen-bond acceptors (Lipinski definition) is 1. The summed E-state index contributed by atoms with van der Waals surface area (Å²) in [6.07, 6.45) is 5.18. The van der Waals surface area contributed by atoms with E-state index in [2.05, 4.69) is 29.2 Å². The number of nitrogens with zero attached hydrogens (tertiary/aromatic N) is 1. The zero-order valence-electron chi connectivity index (χ0n) is 7.31. The van der Waals surface area contributed by atoms with E-state index in [9.17, 15) is 0 Å². The third-order valence-electron chi connectivity index (χ3n) is 2.12. The van der Waals surface area contributed by atoms with Crippen LogP contribution in [0.15, 0.2) is 42.5 Å². The number of para-hydroxylation sites is 1. The number of benzene rings is 1. The van der Waals surface area contributed by atoms with E-state index in [-0.39, 0.29) is 0 Å². The first-order valence-corrected chi connectivity index (χ1v) is 4.79. The van der Waals surface area contributed by atoms with E-state index < -0.39 is 0 Å². The van der Waals surface area contributed by atoms with Crippen LogP contribution in [0.2, 0.25) is 0 Å². The lowest BCUT2D eigenvalue weighted by molar-refractivity contribution is 1.09. The lowest BCUT2D eigenvalue weighted by atomic mass is 10.2. The molecule has 1 heterocycles. The summed E-state index contributed by atoms with van der Waals surface area (Å²) in [5.74, 6) is 0. The highest BCUT2D eigenvalue weighted by molar-refractivity contribution is 7.80. The Kier molecular flexibility index (Phi) is 2.41. The normalized spacial score (nSPS) is 16.3. The minimum Gasteiger partial charge on any atom is -0.332 e. The van der Waals surface area contributed by atoms with E-state index in [1.807, 2.05) is 18.2 Å². The Morgan fingerprint density at radius 2 is 1.85 bits per heavy atom. The number of anilines is 1. The van der Waals surface area contributed by atoms with Crippen molar-refractivity contribution in [3.8, 4) is 0 Å². The van der Waals surface area contributed by atoms with Gasteiger partial charge in [0.1, 0.15) is 0 Å². The van der Waals surface area contributed by atoms with Gasteiger partial charge in [0.2, 0.25) is 0 Å². The molecule has 1 aliphatic rings. The molecule has 0 saturated heterocycles. The summed E-state index contributed by atoms with van der Waals surface area (Å²) < 4.78 is 0. The summed E-state index contributed by atoms with van der Waals surface area (Å²) in [7, 11) is 0. The smallest absolute Gasteiger partial charge is 0.0864 e. The second kappa shape index (κ2) is 3.71. The van der Waals surface area contributed by atoms with Crippen LogP contribution in [0.25, 0.3) is 0 Å². The first-order chi connectivity index (χ1) is 6.38. The molecule has 1 aliphatic heterocycles. The molecule has 0 amide bonds. The maximum absolute atomic E-state index is 5.28. The Labute approximate surface area is 83.7 Å². The number of thiocarbonyl (C=S) groups is 1. The van der Waals surface area contributed by atoms with Crippen molar-refractivity contribution in [3.05, 3.63) is 42.5 Å². The Morgan fingerprint density at radius 1 is 1.08 bits per heavy atom. The average molecular weight is 189 g/mol. The fourth-order valence-corrected chi connectivity index (χ4v) is 1.71. The van der Waals surface area contributed by atoms with Gasteiger partial charge in [0.25, 0.3) is 0 Å². The number of hydrogen-bond donors (Lipinski definition) is 0. The minimum absolute atomic E-state index is 0.893. The van der Waals surface area contributed by atoms with Gasteiger partial charge in [0.15, 0.2) is 0 Å². The van der Waals surface area contributed by atoms with Gasteiger partial charge in [-0.25, -0.2) is 0 Å². The van der Waals surface area contributed by atoms with E-state index in [0.29, 0.717) is 0 Å². The molecule has 2 rings (SSSR count). The van der Waals surface area contributed by atoms with Crippen LogP contribution in [0.4, 0.5) is 5.69 Å². The van der Waals surface area contributed by atoms with Crippen LogP contribution in [0, 0.1) is 0 Å². The maximum atomic E-state index is 5.28. The highest BCUT2D eigenvalue weighted by Gasteiger charge is 2.11. The molecule has 0 spiro atoms. The van der Waals surface area contributed by atoms with Crippen molar-refractivity contribution in [1.29, 1.82) is 0 Å². The summed E-state index contributed by atoms with van der Waals surface area (Å²) in [6.45, 7) is 0.906. The molecule has 0 bridgehead atoms. The van der Waals surface area contributed by atoms with Gasteiger partial charge in [-0.3, -0.25) is 0 Å². The van der Waals surface area contributed by atoms with Crippen molar-refractivity contribution in [2.24, 2.45) is 0 Å². The van der Waals surface area contributed by atoms with E-state index in [4.69, 9.17) is 12.2 Å². The highest BCUT2D eigenvalue weighted by atomic mass is 32.1. The lowest BCUT2D eigenvalue weighted by Gasteiger charge is -2.26. The van der Waals surface area contributed by atoms with Gasteiger partial charge in [-0.1, -0.05) is 42.6 Å². The zero-order chi connectivity index (χ0) is 9.10. The van der Waals surface area contributed by atoms with Crippen molar-refractivity contribution in [2.75, 3.05) is 11.4 Å². The fraction of sp³-hybridized carbons (Fsp3) is 0.182. The van der Waals surface area contributed by atoms with Crippen LogP contribution in [0.5, 0.6) is 0 Å². The topological polar surface area (TPSA) is 3.24 Å². The van der Waals surface area contributed by atoms with Crippen LogP contribution in [-0.2, 0) is 0 Å². The van der Waals surface area contributed by atoms with Crippen molar-refractivity contribution < 1.29 is 0 Å². The third kappa shape index (κ3) is 1.78. The summed E-state index contributed by atoms with van der Waals surface area (Å²) in [6, 6.07) is 10.3. The summed E-state index contributed by atoms with van der Waals surface area (Å²) in [4.78, 5) is 3.17. The molecule has 0 radical (unpaired) electrons. The van der Waals surface area contributed by atoms with Crippen molar-refractivity contribution in [3.63, 3.8) is 0 Å². The summed E-state index contributed by atoms with van der Waals surface area (Å²) in [5, 5.41) is 0. The Balaban J connectivity index is 2.26. The van der Waals surface area contributed by atoms with Gasteiger partial charge in [0.05, 0.1) is 4.99 Å². The second-order valence-corrected chi connectivity index (χ2v) is 3.49. The van der Waals surface area contributed by atoms with Gasteiger partial charge in [0, 0.05) is 18.7 Å². The van der Waals surface area contributed by atoms with Crippen LogP contribution in [-0.4, -0.2) is 11.5 Å². The Bertz CT molecular complexity index is 329. The molecule has 0 atom stereocenters. The van der Waals surface area contributed by atoms with Crippen LogP contribution >= 0.6 is 12.2 Å². The van der Waals surface area contributed by atoms with Crippen LogP contribution < -0.4 is 4.90 Å². The van der Waals surface area contributed by atoms with Crippen molar-refractivity contribution in [1.82, 2.24) is 0 Å². The third-order valence-corrected chi connectivity index (χ3v) is 2.50. The molecule has 0 aliphatic carbocycles. The molecule has 2 heteroatoms. The first-order valence-electron chi connectivity index (χ1n) is 4.38. The number of rotatable bonds is 1. The van der Waals surface area contributed by atoms with Crippen LogP contribution in [0.1, 0.15) is 6.42 Å². The molecular weight excluding hydrogens is 178 g/mol. The quantitative estimate of drug-likeness (QED) is 0.493. The lowest BCUT2D eigenvalue weighted by Crippen LogP contribution is -2.31. The average Bonchev–Trinajstić information content (AvgIpc) is 2.20. The largest absolute Gasteiger partial charge is 0.332 e. The predicted molar refractivity (Wildman–Crippen MR) is 60.1 cm³/mol. The molecule has 66 valence electrons. The standard InChI is InChI=1S/C11H11NS/c13-11-8-4-5-9-12(11)10-6-2-1-3-7-10/h1-7H,8-9H2. The molecule has 13 heavy (non-hydrogen) atoms.